The number of ether oxygens (including phenoxy) is 1. The molecule has 21 heavy (non-hydrogen) atoms. The number of nitrogens with one attached hydrogen (secondary N) is 1. The van der Waals surface area contributed by atoms with Crippen LogP contribution < -0.4 is 10.1 Å². The van der Waals surface area contributed by atoms with Gasteiger partial charge < -0.3 is 15.2 Å². The van der Waals surface area contributed by atoms with Crippen LogP contribution in [0.15, 0.2) is 46.9 Å². The van der Waals surface area contributed by atoms with Gasteiger partial charge in [-0.05, 0) is 42.3 Å². The first-order valence-electron chi connectivity index (χ1n) is 6.98. The smallest absolute Gasteiger partial charge is 0.120 e. The number of halogens is 1. The van der Waals surface area contributed by atoms with Crippen molar-refractivity contribution in [3.8, 4) is 11.5 Å². The Labute approximate surface area is 134 Å². The molecule has 1 unspecified atom stereocenters. The molecule has 2 aromatic carbocycles. The van der Waals surface area contributed by atoms with E-state index in [4.69, 9.17) is 4.74 Å². The summed E-state index contributed by atoms with van der Waals surface area (Å²) in [6, 6.07) is 13.6. The monoisotopic (exact) mass is 349 g/mol. The van der Waals surface area contributed by atoms with Gasteiger partial charge in [0.05, 0.1) is 7.11 Å². The minimum atomic E-state index is 0.105. The lowest BCUT2D eigenvalue weighted by Gasteiger charge is -2.19. The van der Waals surface area contributed by atoms with Gasteiger partial charge in [0.1, 0.15) is 11.5 Å². The lowest BCUT2D eigenvalue weighted by molar-refractivity contribution is 0.413. The van der Waals surface area contributed by atoms with Gasteiger partial charge in [-0.15, -0.1) is 0 Å². The fourth-order valence-corrected chi connectivity index (χ4v) is 2.68. The van der Waals surface area contributed by atoms with E-state index in [9.17, 15) is 5.11 Å². The van der Waals surface area contributed by atoms with Gasteiger partial charge in [0, 0.05) is 22.6 Å². The van der Waals surface area contributed by atoms with E-state index in [1.54, 1.807) is 13.2 Å². The molecule has 2 aromatic rings. The van der Waals surface area contributed by atoms with E-state index in [1.165, 1.54) is 0 Å². The predicted molar refractivity (Wildman–Crippen MR) is 88.7 cm³/mol. The summed E-state index contributed by atoms with van der Waals surface area (Å²) in [5, 5.41) is 13.5. The SMILES string of the molecule is CCC(NCc1cccc(OC)c1)c1cc(Br)ccc1O. The Kier molecular flexibility index (Phi) is 5.65. The summed E-state index contributed by atoms with van der Waals surface area (Å²) in [6.45, 7) is 2.82. The average Bonchev–Trinajstić information content (AvgIpc) is 2.51. The van der Waals surface area contributed by atoms with Crippen molar-refractivity contribution in [2.75, 3.05) is 7.11 Å². The van der Waals surface area contributed by atoms with E-state index in [-0.39, 0.29) is 6.04 Å². The van der Waals surface area contributed by atoms with Crippen LogP contribution in [0.4, 0.5) is 0 Å². The quantitative estimate of drug-likeness (QED) is 0.811. The molecule has 2 rings (SSSR count). The molecule has 0 aliphatic heterocycles. The molecule has 3 nitrogen and oxygen atoms in total. The van der Waals surface area contributed by atoms with Gasteiger partial charge >= 0.3 is 0 Å². The van der Waals surface area contributed by atoms with Crippen molar-refractivity contribution in [1.82, 2.24) is 5.32 Å². The first-order chi connectivity index (χ1) is 10.1. The van der Waals surface area contributed by atoms with Crippen molar-refractivity contribution in [2.45, 2.75) is 25.9 Å². The maximum absolute atomic E-state index is 10.0. The molecule has 0 radical (unpaired) electrons. The number of phenols is 1. The second-order valence-electron chi connectivity index (χ2n) is 4.90. The highest BCUT2D eigenvalue weighted by Gasteiger charge is 2.13. The van der Waals surface area contributed by atoms with Gasteiger partial charge in [0.25, 0.3) is 0 Å². The highest BCUT2D eigenvalue weighted by molar-refractivity contribution is 9.10. The zero-order chi connectivity index (χ0) is 15.2. The summed E-state index contributed by atoms with van der Waals surface area (Å²) in [6.07, 6.45) is 0.897. The minimum Gasteiger partial charge on any atom is -0.508 e. The first kappa shape index (κ1) is 15.9. The molecule has 2 N–H and O–H groups in total. The number of rotatable bonds is 6. The van der Waals surface area contributed by atoms with Crippen LogP contribution in [0.2, 0.25) is 0 Å². The third-order valence-electron chi connectivity index (χ3n) is 3.46. The molecule has 0 saturated heterocycles. The molecule has 0 amide bonds. The van der Waals surface area contributed by atoms with Crippen LogP contribution in [-0.2, 0) is 6.54 Å². The zero-order valence-electron chi connectivity index (χ0n) is 12.3. The summed E-state index contributed by atoms with van der Waals surface area (Å²) in [7, 11) is 1.67. The topological polar surface area (TPSA) is 41.5 Å². The number of hydrogen-bond acceptors (Lipinski definition) is 3. The summed E-state index contributed by atoms with van der Waals surface area (Å²) in [5.41, 5.74) is 2.07. The number of hydrogen-bond donors (Lipinski definition) is 2. The van der Waals surface area contributed by atoms with E-state index in [0.29, 0.717) is 5.75 Å². The van der Waals surface area contributed by atoms with Crippen LogP contribution in [-0.4, -0.2) is 12.2 Å². The Morgan fingerprint density at radius 1 is 1.24 bits per heavy atom. The molecule has 4 heteroatoms. The van der Waals surface area contributed by atoms with Gasteiger partial charge in [-0.25, -0.2) is 0 Å². The van der Waals surface area contributed by atoms with Crippen molar-refractivity contribution in [3.63, 3.8) is 0 Å². The van der Waals surface area contributed by atoms with E-state index >= 15 is 0 Å². The molecule has 0 spiro atoms. The second kappa shape index (κ2) is 7.48. The highest BCUT2D eigenvalue weighted by Crippen LogP contribution is 2.29. The van der Waals surface area contributed by atoms with Gasteiger partial charge in [0.15, 0.2) is 0 Å². The first-order valence-corrected chi connectivity index (χ1v) is 7.78. The summed E-state index contributed by atoms with van der Waals surface area (Å²) < 4.78 is 6.20. The molecule has 112 valence electrons. The average molecular weight is 350 g/mol. The lowest BCUT2D eigenvalue weighted by Crippen LogP contribution is -2.20. The number of aromatic hydroxyl groups is 1. The number of phenolic OH excluding ortho intramolecular Hbond substituents is 1. The second-order valence-corrected chi connectivity index (χ2v) is 5.81. The Balaban J connectivity index is 2.10. The van der Waals surface area contributed by atoms with Gasteiger partial charge in [-0.2, -0.15) is 0 Å². The van der Waals surface area contributed by atoms with Gasteiger partial charge in [-0.1, -0.05) is 35.0 Å². The Morgan fingerprint density at radius 2 is 2.05 bits per heavy atom. The van der Waals surface area contributed by atoms with E-state index in [1.807, 2.05) is 30.3 Å². The van der Waals surface area contributed by atoms with Gasteiger partial charge in [0.2, 0.25) is 0 Å². The summed E-state index contributed by atoms with van der Waals surface area (Å²) in [5.74, 6) is 1.18. The van der Waals surface area contributed by atoms with Crippen LogP contribution >= 0.6 is 15.9 Å². The standard InChI is InChI=1S/C17H20BrNO2/c1-3-16(15-10-13(18)7-8-17(15)20)19-11-12-5-4-6-14(9-12)21-2/h4-10,16,19-20H,3,11H2,1-2H3. The molecule has 1 atom stereocenters. The maximum Gasteiger partial charge on any atom is 0.120 e. The molecular weight excluding hydrogens is 330 g/mol. The summed E-state index contributed by atoms with van der Waals surface area (Å²) in [4.78, 5) is 0. The van der Waals surface area contributed by atoms with Crippen molar-refractivity contribution in [2.24, 2.45) is 0 Å². The van der Waals surface area contributed by atoms with Crippen LogP contribution in [0.1, 0.15) is 30.5 Å². The van der Waals surface area contributed by atoms with Crippen LogP contribution in [0, 0.1) is 0 Å². The minimum absolute atomic E-state index is 0.105. The molecule has 0 saturated carbocycles. The predicted octanol–water partition coefficient (Wildman–Crippen LogP) is 4.40. The fraction of sp³-hybridized carbons (Fsp3) is 0.294. The van der Waals surface area contributed by atoms with Crippen LogP contribution in [0.5, 0.6) is 11.5 Å². The summed E-state index contributed by atoms with van der Waals surface area (Å²) >= 11 is 3.45. The van der Waals surface area contributed by atoms with Crippen molar-refractivity contribution in [1.29, 1.82) is 0 Å². The van der Waals surface area contributed by atoms with Crippen molar-refractivity contribution in [3.05, 3.63) is 58.1 Å². The van der Waals surface area contributed by atoms with Crippen LogP contribution in [0.25, 0.3) is 0 Å². The molecule has 0 heterocycles. The molecule has 0 bridgehead atoms. The van der Waals surface area contributed by atoms with Crippen molar-refractivity contribution >= 4 is 15.9 Å². The lowest BCUT2D eigenvalue weighted by atomic mass is 10.0. The fourth-order valence-electron chi connectivity index (χ4n) is 2.30. The molecule has 0 aliphatic carbocycles. The van der Waals surface area contributed by atoms with Crippen LogP contribution in [0.3, 0.4) is 0 Å². The Bertz CT molecular complexity index is 601. The maximum atomic E-state index is 10.0. The molecule has 0 fully saturated rings. The van der Waals surface area contributed by atoms with E-state index < -0.39 is 0 Å². The van der Waals surface area contributed by atoms with E-state index in [2.05, 4.69) is 34.2 Å². The molecule has 0 aromatic heterocycles. The molecular formula is C17H20BrNO2. The normalized spacial score (nSPS) is 12.1. The highest BCUT2D eigenvalue weighted by atomic mass is 79.9. The van der Waals surface area contributed by atoms with Crippen molar-refractivity contribution < 1.29 is 9.84 Å². The Hall–Kier alpha value is -1.52. The van der Waals surface area contributed by atoms with Gasteiger partial charge in [-0.3, -0.25) is 0 Å². The zero-order valence-corrected chi connectivity index (χ0v) is 13.9. The number of benzene rings is 2. The number of methoxy groups -OCH3 is 1. The Morgan fingerprint density at radius 3 is 2.76 bits per heavy atom. The van der Waals surface area contributed by atoms with E-state index in [0.717, 1.165) is 34.3 Å². The third kappa shape index (κ3) is 4.22. The largest absolute Gasteiger partial charge is 0.508 e. The molecule has 0 aliphatic rings. The third-order valence-corrected chi connectivity index (χ3v) is 3.95.